The largest absolute Gasteiger partial charge is 0.481 e. The van der Waals surface area contributed by atoms with E-state index >= 15 is 0 Å². The lowest BCUT2D eigenvalue weighted by Gasteiger charge is -2.30. The van der Waals surface area contributed by atoms with Gasteiger partial charge in [0.15, 0.2) is 0 Å². The van der Waals surface area contributed by atoms with Gasteiger partial charge >= 0.3 is 5.97 Å². The number of ether oxygens (including phenoxy) is 1. The molecule has 0 amide bonds. The first-order valence-corrected chi connectivity index (χ1v) is 4.67. The highest BCUT2D eigenvalue weighted by Gasteiger charge is 2.44. The lowest BCUT2D eigenvalue weighted by atomic mass is 9.73. The maximum atomic E-state index is 11.1. The van der Waals surface area contributed by atoms with Gasteiger partial charge in [0.1, 0.15) is 0 Å². The smallest absolute Gasteiger partial charge is 0.312 e. The third kappa shape index (κ3) is 2.44. The van der Waals surface area contributed by atoms with Gasteiger partial charge in [-0.2, -0.15) is 0 Å². The average molecular weight is 186 g/mol. The second-order valence-electron chi connectivity index (χ2n) is 5.13. The van der Waals surface area contributed by atoms with E-state index in [4.69, 9.17) is 9.84 Å². The molecule has 1 atom stereocenters. The van der Waals surface area contributed by atoms with Crippen molar-refractivity contribution in [3.63, 3.8) is 0 Å². The molecule has 1 fully saturated rings. The first kappa shape index (κ1) is 10.5. The average Bonchev–Trinajstić information content (AvgIpc) is 2.33. The van der Waals surface area contributed by atoms with Gasteiger partial charge in [0, 0.05) is 6.61 Å². The predicted octanol–water partition coefficient (Wildman–Crippen LogP) is 1.91. The summed E-state index contributed by atoms with van der Waals surface area (Å²) in [5.41, 5.74) is -0.579. The Kier molecular flexibility index (Phi) is 2.66. The molecule has 1 aliphatic heterocycles. The standard InChI is InChI=1S/C10H18O3/c1-9(2,3)6-10(8(11)12)4-5-13-7-10/h4-7H2,1-3H3,(H,11,12). The van der Waals surface area contributed by atoms with Crippen LogP contribution in [0.2, 0.25) is 0 Å². The number of rotatable bonds is 2. The van der Waals surface area contributed by atoms with E-state index in [9.17, 15) is 4.79 Å². The Labute approximate surface area is 79.1 Å². The maximum absolute atomic E-state index is 11.1. The SMILES string of the molecule is CC(C)(C)CC1(C(=O)O)CCOC1. The molecule has 0 saturated carbocycles. The molecule has 13 heavy (non-hydrogen) atoms. The molecular formula is C10H18O3. The second-order valence-corrected chi connectivity index (χ2v) is 5.13. The van der Waals surface area contributed by atoms with E-state index < -0.39 is 11.4 Å². The van der Waals surface area contributed by atoms with Gasteiger partial charge in [0.2, 0.25) is 0 Å². The summed E-state index contributed by atoms with van der Waals surface area (Å²) >= 11 is 0. The fourth-order valence-electron chi connectivity index (χ4n) is 2.01. The number of hydrogen-bond donors (Lipinski definition) is 1. The van der Waals surface area contributed by atoms with Crippen LogP contribution in [0.15, 0.2) is 0 Å². The molecule has 3 nitrogen and oxygen atoms in total. The van der Waals surface area contributed by atoms with Crippen molar-refractivity contribution in [2.45, 2.75) is 33.6 Å². The molecule has 0 aromatic rings. The van der Waals surface area contributed by atoms with Crippen molar-refractivity contribution >= 4 is 5.97 Å². The number of carboxylic acid groups (broad SMARTS) is 1. The van der Waals surface area contributed by atoms with E-state index in [1.54, 1.807) is 0 Å². The highest BCUT2D eigenvalue weighted by molar-refractivity contribution is 5.75. The van der Waals surface area contributed by atoms with Crippen LogP contribution in [0.4, 0.5) is 0 Å². The molecule has 1 rings (SSSR count). The Hall–Kier alpha value is -0.570. The Morgan fingerprint density at radius 2 is 2.15 bits per heavy atom. The zero-order valence-electron chi connectivity index (χ0n) is 8.59. The molecule has 1 saturated heterocycles. The quantitative estimate of drug-likeness (QED) is 0.716. The van der Waals surface area contributed by atoms with E-state index in [2.05, 4.69) is 20.8 Å². The Bertz CT molecular complexity index is 197. The zero-order chi connectivity index (χ0) is 10.1. The van der Waals surface area contributed by atoms with Crippen LogP contribution < -0.4 is 0 Å². The fourth-order valence-corrected chi connectivity index (χ4v) is 2.01. The van der Waals surface area contributed by atoms with Crippen LogP contribution in [0.3, 0.4) is 0 Å². The first-order valence-electron chi connectivity index (χ1n) is 4.67. The van der Waals surface area contributed by atoms with E-state index in [0.29, 0.717) is 26.1 Å². The van der Waals surface area contributed by atoms with Crippen LogP contribution in [0.1, 0.15) is 33.6 Å². The third-order valence-corrected chi connectivity index (χ3v) is 2.43. The van der Waals surface area contributed by atoms with Gasteiger partial charge in [0.05, 0.1) is 12.0 Å². The molecule has 1 aliphatic rings. The van der Waals surface area contributed by atoms with Gasteiger partial charge < -0.3 is 9.84 Å². The number of carboxylic acids is 1. The maximum Gasteiger partial charge on any atom is 0.312 e. The van der Waals surface area contributed by atoms with Crippen molar-refractivity contribution in [3.05, 3.63) is 0 Å². The summed E-state index contributed by atoms with van der Waals surface area (Å²) in [5.74, 6) is -0.708. The fraction of sp³-hybridized carbons (Fsp3) is 0.900. The molecule has 1 N–H and O–H groups in total. The van der Waals surface area contributed by atoms with Gasteiger partial charge in [-0.3, -0.25) is 4.79 Å². The Morgan fingerprint density at radius 1 is 1.54 bits per heavy atom. The zero-order valence-corrected chi connectivity index (χ0v) is 8.59. The molecule has 0 aromatic heterocycles. The minimum Gasteiger partial charge on any atom is -0.481 e. The van der Waals surface area contributed by atoms with Crippen molar-refractivity contribution in [2.75, 3.05) is 13.2 Å². The summed E-state index contributed by atoms with van der Waals surface area (Å²) in [6.45, 7) is 7.16. The Balaban J connectivity index is 2.74. The minimum absolute atomic E-state index is 0.0477. The predicted molar refractivity (Wildman–Crippen MR) is 49.6 cm³/mol. The molecule has 76 valence electrons. The van der Waals surface area contributed by atoms with Gasteiger partial charge in [0.25, 0.3) is 0 Å². The van der Waals surface area contributed by atoms with Crippen molar-refractivity contribution in [3.8, 4) is 0 Å². The van der Waals surface area contributed by atoms with E-state index in [1.807, 2.05) is 0 Å². The summed E-state index contributed by atoms with van der Waals surface area (Å²) in [6.07, 6.45) is 1.34. The van der Waals surface area contributed by atoms with Crippen molar-refractivity contribution in [1.29, 1.82) is 0 Å². The van der Waals surface area contributed by atoms with Gasteiger partial charge in [-0.05, 0) is 18.3 Å². The van der Waals surface area contributed by atoms with E-state index in [1.165, 1.54) is 0 Å². The molecular weight excluding hydrogens is 168 g/mol. The van der Waals surface area contributed by atoms with Crippen LogP contribution in [-0.4, -0.2) is 24.3 Å². The van der Waals surface area contributed by atoms with E-state index in [0.717, 1.165) is 0 Å². The van der Waals surface area contributed by atoms with Gasteiger partial charge in [-0.15, -0.1) is 0 Å². The third-order valence-electron chi connectivity index (χ3n) is 2.43. The normalized spacial score (nSPS) is 29.2. The lowest BCUT2D eigenvalue weighted by molar-refractivity contribution is -0.150. The Morgan fingerprint density at radius 3 is 2.46 bits per heavy atom. The summed E-state index contributed by atoms with van der Waals surface area (Å²) in [4.78, 5) is 11.1. The topological polar surface area (TPSA) is 46.5 Å². The highest BCUT2D eigenvalue weighted by Crippen LogP contribution is 2.40. The summed E-state index contributed by atoms with van der Waals surface area (Å²) in [7, 11) is 0. The molecule has 1 unspecified atom stereocenters. The van der Waals surface area contributed by atoms with Crippen LogP contribution in [0.25, 0.3) is 0 Å². The lowest BCUT2D eigenvalue weighted by Crippen LogP contribution is -2.35. The molecule has 0 spiro atoms. The van der Waals surface area contributed by atoms with Crippen molar-refractivity contribution in [1.82, 2.24) is 0 Å². The molecule has 1 heterocycles. The highest BCUT2D eigenvalue weighted by atomic mass is 16.5. The molecule has 0 radical (unpaired) electrons. The van der Waals surface area contributed by atoms with Crippen molar-refractivity contribution in [2.24, 2.45) is 10.8 Å². The van der Waals surface area contributed by atoms with Crippen LogP contribution in [0.5, 0.6) is 0 Å². The number of hydrogen-bond acceptors (Lipinski definition) is 2. The molecule has 0 aromatic carbocycles. The summed E-state index contributed by atoms with van der Waals surface area (Å²) < 4.78 is 5.19. The second kappa shape index (κ2) is 3.29. The van der Waals surface area contributed by atoms with Crippen LogP contribution >= 0.6 is 0 Å². The van der Waals surface area contributed by atoms with Crippen molar-refractivity contribution < 1.29 is 14.6 Å². The molecule has 3 heteroatoms. The first-order chi connectivity index (χ1) is 5.86. The number of aliphatic carboxylic acids is 1. The van der Waals surface area contributed by atoms with Gasteiger partial charge in [-0.1, -0.05) is 20.8 Å². The minimum atomic E-state index is -0.708. The monoisotopic (exact) mass is 186 g/mol. The number of carbonyl (C=O) groups is 1. The molecule has 0 aliphatic carbocycles. The van der Waals surface area contributed by atoms with Crippen LogP contribution in [0, 0.1) is 10.8 Å². The van der Waals surface area contributed by atoms with E-state index in [-0.39, 0.29) is 5.41 Å². The summed E-state index contributed by atoms with van der Waals surface area (Å²) in [5, 5.41) is 9.15. The van der Waals surface area contributed by atoms with Gasteiger partial charge in [-0.25, -0.2) is 0 Å². The van der Waals surface area contributed by atoms with Crippen LogP contribution in [-0.2, 0) is 9.53 Å². The molecule has 0 bridgehead atoms. The summed E-state index contributed by atoms with van der Waals surface area (Å²) in [6, 6.07) is 0.